The summed E-state index contributed by atoms with van der Waals surface area (Å²) in [5.41, 5.74) is 1.42. The highest BCUT2D eigenvalue weighted by atomic mass is 14.9. The van der Waals surface area contributed by atoms with Gasteiger partial charge in [0.05, 0.1) is 0 Å². The molecule has 13 heavy (non-hydrogen) atoms. The van der Waals surface area contributed by atoms with E-state index in [0.717, 1.165) is 6.54 Å². The van der Waals surface area contributed by atoms with Gasteiger partial charge < -0.3 is 5.32 Å². The standard InChI is InChI=1S/C12H25N/c1-5-7-8-9-12(13-6-2)10-11(3)4/h10,12-13H,5-9H2,1-4H3. The molecule has 0 aliphatic heterocycles. The first-order valence-electron chi connectivity index (χ1n) is 5.59. The van der Waals surface area contributed by atoms with Gasteiger partial charge >= 0.3 is 0 Å². The minimum absolute atomic E-state index is 0.599. The van der Waals surface area contributed by atoms with Gasteiger partial charge in [-0.15, -0.1) is 0 Å². The first kappa shape index (κ1) is 12.7. The van der Waals surface area contributed by atoms with Crippen molar-refractivity contribution in [1.29, 1.82) is 0 Å². The fourth-order valence-electron chi connectivity index (χ4n) is 1.52. The highest BCUT2D eigenvalue weighted by Crippen LogP contribution is 2.06. The van der Waals surface area contributed by atoms with E-state index in [1.54, 1.807) is 0 Å². The molecule has 0 aromatic rings. The maximum absolute atomic E-state index is 3.50. The van der Waals surface area contributed by atoms with E-state index >= 15 is 0 Å². The molecule has 1 unspecified atom stereocenters. The van der Waals surface area contributed by atoms with Gasteiger partial charge in [0.1, 0.15) is 0 Å². The maximum atomic E-state index is 3.50. The van der Waals surface area contributed by atoms with Crippen molar-refractivity contribution in [3.8, 4) is 0 Å². The first-order valence-corrected chi connectivity index (χ1v) is 5.59. The van der Waals surface area contributed by atoms with Crippen molar-refractivity contribution in [2.45, 2.75) is 59.4 Å². The minimum atomic E-state index is 0.599. The zero-order valence-corrected chi connectivity index (χ0v) is 9.69. The molecule has 1 heteroatoms. The van der Waals surface area contributed by atoms with E-state index in [-0.39, 0.29) is 0 Å². The van der Waals surface area contributed by atoms with Gasteiger partial charge in [0.2, 0.25) is 0 Å². The summed E-state index contributed by atoms with van der Waals surface area (Å²) < 4.78 is 0. The molecule has 0 aliphatic carbocycles. The Kier molecular flexibility index (Phi) is 8.11. The normalized spacial score (nSPS) is 12.6. The Balaban J connectivity index is 3.73. The third-order valence-electron chi connectivity index (χ3n) is 2.12. The molecule has 1 atom stereocenters. The van der Waals surface area contributed by atoms with Gasteiger partial charge in [0.25, 0.3) is 0 Å². The molecule has 0 heterocycles. The van der Waals surface area contributed by atoms with Gasteiger partial charge in [-0.2, -0.15) is 0 Å². The molecule has 0 aromatic heterocycles. The smallest absolute Gasteiger partial charge is 0.0252 e. The van der Waals surface area contributed by atoms with E-state index in [1.165, 1.54) is 31.3 Å². The molecular formula is C12H25N. The van der Waals surface area contributed by atoms with Crippen LogP contribution in [0.5, 0.6) is 0 Å². The molecular weight excluding hydrogens is 158 g/mol. The lowest BCUT2D eigenvalue weighted by atomic mass is 10.1. The Labute approximate surface area is 83.6 Å². The van der Waals surface area contributed by atoms with Gasteiger partial charge in [0, 0.05) is 6.04 Å². The number of allylic oxidation sites excluding steroid dienone is 1. The van der Waals surface area contributed by atoms with Crippen LogP contribution >= 0.6 is 0 Å². The number of nitrogens with one attached hydrogen (secondary N) is 1. The summed E-state index contributed by atoms with van der Waals surface area (Å²) in [7, 11) is 0. The summed E-state index contributed by atoms with van der Waals surface area (Å²) in [5, 5.41) is 3.50. The summed E-state index contributed by atoms with van der Waals surface area (Å²) in [6.07, 6.45) is 7.65. The monoisotopic (exact) mass is 183 g/mol. The third kappa shape index (κ3) is 8.04. The van der Waals surface area contributed by atoms with E-state index in [0.29, 0.717) is 6.04 Å². The Morgan fingerprint density at radius 3 is 2.38 bits per heavy atom. The van der Waals surface area contributed by atoms with Gasteiger partial charge in [-0.1, -0.05) is 44.8 Å². The van der Waals surface area contributed by atoms with E-state index < -0.39 is 0 Å². The average molecular weight is 183 g/mol. The minimum Gasteiger partial charge on any atom is -0.311 e. The van der Waals surface area contributed by atoms with E-state index in [4.69, 9.17) is 0 Å². The summed E-state index contributed by atoms with van der Waals surface area (Å²) >= 11 is 0. The summed E-state index contributed by atoms with van der Waals surface area (Å²) in [5.74, 6) is 0. The van der Waals surface area contributed by atoms with Crippen molar-refractivity contribution in [1.82, 2.24) is 5.32 Å². The lowest BCUT2D eigenvalue weighted by Crippen LogP contribution is -2.26. The quantitative estimate of drug-likeness (QED) is 0.470. The second kappa shape index (κ2) is 8.31. The van der Waals surface area contributed by atoms with Crippen molar-refractivity contribution in [3.05, 3.63) is 11.6 Å². The molecule has 0 saturated heterocycles. The molecule has 0 spiro atoms. The van der Waals surface area contributed by atoms with Crippen molar-refractivity contribution >= 4 is 0 Å². The van der Waals surface area contributed by atoms with Crippen LogP contribution < -0.4 is 5.32 Å². The second-order valence-corrected chi connectivity index (χ2v) is 3.90. The summed E-state index contributed by atoms with van der Waals surface area (Å²) in [6, 6.07) is 0.599. The zero-order chi connectivity index (χ0) is 10.1. The van der Waals surface area contributed by atoms with Crippen LogP contribution in [0.15, 0.2) is 11.6 Å². The number of unbranched alkanes of at least 4 members (excludes halogenated alkanes) is 2. The SMILES string of the molecule is CCCCCC(C=C(C)C)NCC. The van der Waals surface area contributed by atoms with Gasteiger partial charge in [0.15, 0.2) is 0 Å². The Morgan fingerprint density at radius 2 is 1.92 bits per heavy atom. The van der Waals surface area contributed by atoms with Gasteiger partial charge in [-0.25, -0.2) is 0 Å². The Morgan fingerprint density at radius 1 is 1.23 bits per heavy atom. The molecule has 0 amide bonds. The fourth-order valence-corrected chi connectivity index (χ4v) is 1.52. The Bertz CT molecular complexity index is 134. The molecule has 1 nitrogen and oxygen atoms in total. The molecule has 0 radical (unpaired) electrons. The molecule has 0 aromatic carbocycles. The van der Waals surface area contributed by atoms with E-state index in [2.05, 4.69) is 39.1 Å². The van der Waals surface area contributed by atoms with Crippen LogP contribution in [0, 0.1) is 0 Å². The molecule has 0 rings (SSSR count). The van der Waals surface area contributed by atoms with Crippen LogP contribution in [0.3, 0.4) is 0 Å². The first-order chi connectivity index (χ1) is 6.20. The third-order valence-corrected chi connectivity index (χ3v) is 2.12. The molecule has 0 aliphatic rings. The summed E-state index contributed by atoms with van der Waals surface area (Å²) in [6.45, 7) is 9.84. The van der Waals surface area contributed by atoms with Crippen LogP contribution in [0.25, 0.3) is 0 Å². The highest BCUT2D eigenvalue weighted by molar-refractivity contribution is 5.00. The van der Waals surface area contributed by atoms with Gasteiger partial charge in [-0.05, 0) is 26.8 Å². The lowest BCUT2D eigenvalue weighted by Gasteiger charge is -2.13. The van der Waals surface area contributed by atoms with Crippen LogP contribution in [0.2, 0.25) is 0 Å². The lowest BCUT2D eigenvalue weighted by molar-refractivity contribution is 0.534. The predicted molar refractivity (Wildman–Crippen MR) is 61.0 cm³/mol. The van der Waals surface area contributed by atoms with Crippen molar-refractivity contribution in [3.63, 3.8) is 0 Å². The number of hydrogen-bond acceptors (Lipinski definition) is 1. The van der Waals surface area contributed by atoms with Crippen LogP contribution in [-0.2, 0) is 0 Å². The molecule has 1 N–H and O–H groups in total. The Hall–Kier alpha value is -0.300. The second-order valence-electron chi connectivity index (χ2n) is 3.90. The maximum Gasteiger partial charge on any atom is 0.0252 e. The molecule has 0 bridgehead atoms. The number of rotatable bonds is 7. The van der Waals surface area contributed by atoms with Crippen LogP contribution in [0.4, 0.5) is 0 Å². The number of likely N-dealkylation sites (N-methyl/N-ethyl adjacent to an activating group) is 1. The van der Waals surface area contributed by atoms with E-state index in [9.17, 15) is 0 Å². The molecule has 0 fully saturated rings. The van der Waals surface area contributed by atoms with Crippen molar-refractivity contribution in [2.75, 3.05) is 6.54 Å². The predicted octanol–water partition coefficient (Wildman–Crippen LogP) is 3.51. The number of hydrogen-bond donors (Lipinski definition) is 1. The molecule has 78 valence electrons. The zero-order valence-electron chi connectivity index (χ0n) is 9.69. The van der Waals surface area contributed by atoms with E-state index in [1.807, 2.05) is 0 Å². The van der Waals surface area contributed by atoms with Crippen molar-refractivity contribution in [2.24, 2.45) is 0 Å². The summed E-state index contributed by atoms with van der Waals surface area (Å²) in [4.78, 5) is 0. The highest BCUT2D eigenvalue weighted by Gasteiger charge is 2.01. The van der Waals surface area contributed by atoms with Crippen LogP contribution in [-0.4, -0.2) is 12.6 Å². The largest absolute Gasteiger partial charge is 0.311 e. The molecule has 0 saturated carbocycles. The van der Waals surface area contributed by atoms with Crippen LogP contribution in [0.1, 0.15) is 53.4 Å². The fraction of sp³-hybridized carbons (Fsp3) is 0.833. The van der Waals surface area contributed by atoms with Gasteiger partial charge in [-0.3, -0.25) is 0 Å². The average Bonchev–Trinajstić information content (AvgIpc) is 2.04. The van der Waals surface area contributed by atoms with Crippen molar-refractivity contribution < 1.29 is 0 Å². The topological polar surface area (TPSA) is 12.0 Å².